The monoisotopic (exact) mass is 280 g/mol. The van der Waals surface area contributed by atoms with Gasteiger partial charge < -0.3 is 20.5 Å². The molecule has 0 atom stereocenters. The molecule has 110 valence electrons. The number of hydrogen-bond acceptors (Lipinski definition) is 5. The zero-order chi connectivity index (χ0) is 15.2. The Morgan fingerprint density at radius 1 is 1.15 bits per heavy atom. The minimum absolute atomic E-state index is 0.257. The number of nitrogen functional groups attached to an aromatic ring is 1. The fraction of sp³-hybridized carbons (Fsp3) is 0.429. The van der Waals surface area contributed by atoms with Crippen LogP contribution in [0.3, 0.4) is 0 Å². The number of amides is 1. The lowest BCUT2D eigenvalue weighted by atomic mass is 10.1. The molecular weight excluding hydrogens is 260 g/mol. The SMILES string of the molecule is CC(C)(C)NC(=O)COC(=O)COc1ccc(N)cc1. The first-order valence-electron chi connectivity index (χ1n) is 6.21. The Bertz CT molecular complexity index is 463. The van der Waals surface area contributed by atoms with Crippen LogP contribution in [0.5, 0.6) is 5.75 Å². The lowest BCUT2D eigenvalue weighted by molar-refractivity contribution is -0.150. The number of nitrogens with one attached hydrogen (secondary N) is 1. The highest BCUT2D eigenvalue weighted by molar-refractivity contribution is 5.81. The molecule has 0 heterocycles. The summed E-state index contributed by atoms with van der Waals surface area (Å²) in [6.07, 6.45) is 0. The predicted octanol–water partition coefficient (Wildman–Crippen LogP) is 1.11. The number of carbonyl (C=O) groups excluding carboxylic acids is 2. The maximum Gasteiger partial charge on any atom is 0.344 e. The molecule has 0 spiro atoms. The van der Waals surface area contributed by atoms with Gasteiger partial charge in [-0.15, -0.1) is 0 Å². The van der Waals surface area contributed by atoms with Crippen molar-refractivity contribution >= 4 is 17.6 Å². The van der Waals surface area contributed by atoms with Crippen LogP contribution in [-0.4, -0.2) is 30.6 Å². The van der Waals surface area contributed by atoms with Gasteiger partial charge in [-0.3, -0.25) is 4.79 Å². The summed E-state index contributed by atoms with van der Waals surface area (Å²) in [5, 5.41) is 2.68. The van der Waals surface area contributed by atoms with Crippen LogP contribution >= 0.6 is 0 Å². The Morgan fingerprint density at radius 2 is 1.75 bits per heavy atom. The fourth-order valence-electron chi connectivity index (χ4n) is 1.35. The van der Waals surface area contributed by atoms with E-state index in [0.29, 0.717) is 11.4 Å². The summed E-state index contributed by atoms with van der Waals surface area (Å²) in [4.78, 5) is 22.8. The van der Waals surface area contributed by atoms with Crippen molar-refractivity contribution in [2.75, 3.05) is 18.9 Å². The van der Waals surface area contributed by atoms with Crippen molar-refractivity contribution in [3.05, 3.63) is 24.3 Å². The predicted molar refractivity (Wildman–Crippen MR) is 75.2 cm³/mol. The third kappa shape index (κ3) is 6.63. The minimum atomic E-state index is -0.606. The number of carbonyl (C=O) groups is 2. The first-order valence-corrected chi connectivity index (χ1v) is 6.21. The molecule has 0 saturated heterocycles. The van der Waals surface area contributed by atoms with Gasteiger partial charge in [0.05, 0.1) is 0 Å². The molecule has 0 unspecified atom stereocenters. The van der Waals surface area contributed by atoms with Crippen molar-refractivity contribution in [3.8, 4) is 5.75 Å². The number of hydrogen-bond donors (Lipinski definition) is 2. The Balaban J connectivity index is 2.27. The third-order valence-corrected chi connectivity index (χ3v) is 2.12. The quantitative estimate of drug-likeness (QED) is 0.622. The van der Waals surface area contributed by atoms with Gasteiger partial charge in [-0.25, -0.2) is 4.79 Å². The average Bonchev–Trinajstić information content (AvgIpc) is 2.33. The van der Waals surface area contributed by atoms with Crippen LogP contribution in [0.2, 0.25) is 0 Å². The molecule has 0 fully saturated rings. The summed E-state index contributed by atoms with van der Waals surface area (Å²) in [7, 11) is 0. The lowest BCUT2D eigenvalue weighted by Crippen LogP contribution is -2.43. The second-order valence-electron chi connectivity index (χ2n) is 5.32. The number of benzene rings is 1. The van der Waals surface area contributed by atoms with E-state index in [0.717, 1.165) is 0 Å². The summed E-state index contributed by atoms with van der Waals surface area (Å²) in [5.41, 5.74) is 5.78. The van der Waals surface area contributed by atoms with E-state index in [2.05, 4.69) is 5.32 Å². The zero-order valence-electron chi connectivity index (χ0n) is 11.9. The average molecular weight is 280 g/mol. The second kappa shape index (κ2) is 6.79. The third-order valence-electron chi connectivity index (χ3n) is 2.12. The molecule has 1 amide bonds. The maximum atomic E-state index is 11.4. The Kier molecular flexibility index (Phi) is 5.37. The van der Waals surface area contributed by atoms with Gasteiger partial charge in [0.25, 0.3) is 5.91 Å². The molecule has 6 nitrogen and oxygen atoms in total. The molecule has 0 radical (unpaired) electrons. The molecule has 0 aromatic heterocycles. The van der Waals surface area contributed by atoms with Gasteiger partial charge in [-0.2, -0.15) is 0 Å². The minimum Gasteiger partial charge on any atom is -0.482 e. The largest absolute Gasteiger partial charge is 0.482 e. The molecule has 3 N–H and O–H groups in total. The normalized spacial score (nSPS) is 10.8. The van der Waals surface area contributed by atoms with E-state index in [1.54, 1.807) is 24.3 Å². The van der Waals surface area contributed by atoms with E-state index in [4.69, 9.17) is 15.2 Å². The highest BCUT2D eigenvalue weighted by Crippen LogP contribution is 2.12. The van der Waals surface area contributed by atoms with Crippen molar-refractivity contribution in [2.24, 2.45) is 0 Å². The van der Waals surface area contributed by atoms with Crippen LogP contribution in [0.1, 0.15) is 20.8 Å². The smallest absolute Gasteiger partial charge is 0.344 e. The standard InChI is InChI=1S/C14H20N2O4/c1-14(2,3)16-12(17)8-20-13(18)9-19-11-6-4-10(15)5-7-11/h4-7H,8-9,15H2,1-3H3,(H,16,17). The van der Waals surface area contributed by atoms with Crippen molar-refractivity contribution < 1.29 is 19.1 Å². The number of rotatable bonds is 5. The molecule has 1 rings (SSSR count). The molecule has 6 heteroatoms. The van der Waals surface area contributed by atoms with Gasteiger partial charge in [0.1, 0.15) is 5.75 Å². The number of esters is 1. The van der Waals surface area contributed by atoms with E-state index in [1.165, 1.54) is 0 Å². The molecule has 0 aliphatic heterocycles. The molecule has 1 aromatic carbocycles. The van der Waals surface area contributed by atoms with E-state index in [-0.39, 0.29) is 24.7 Å². The van der Waals surface area contributed by atoms with Crippen molar-refractivity contribution in [2.45, 2.75) is 26.3 Å². The van der Waals surface area contributed by atoms with Crippen LogP contribution in [0.15, 0.2) is 24.3 Å². The van der Waals surface area contributed by atoms with Crippen molar-refractivity contribution in [1.82, 2.24) is 5.32 Å². The molecule has 1 aromatic rings. The highest BCUT2D eigenvalue weighted by atomic mass is 16.6. The molecule has 0 saturated carbocycles. The Labute approximate surface area is 118 Å². The molecule has 0 bridgehead atoms. The van der Waals surface area contributed by atoms with Crippen LogP contribution in [-0.2, 0) is 14.3 Å². The lowest BCUT2D eigenvalue weighted by Gasteiger charge is -2.20. The fourth-order valence-corrected chi connectivity index (χ4v) is 1.35. The van der Waals surface area contributed by atoms with Gasteiger partial charge in [-0.1, -0.05) is 0 Å². The topological polar surface area (TPSA) is 90.6 Å². The van der Waals surface area contributed by atoms with E-state index < -0.39 is 5.97 Å². The zero-order valence-corrected chi connectivity index (χ0v) is 11.9. The number of anilines is 1. The van der Waals surface area contributed by atoms with E-state index >= 15 is 0 Å². The van der Waals surface area contributed by atoms with E-state index in [1.807, 2.05) is 20.8 Å². The van der Waals surface area contributed by atoms with Gasteiger partial charge in [-0.05, 0) is 45.0 Å². The first-order chi connectivity index (χ1) is 9.26. The summed E-state index contributed by atoms with van der Waals surface area (Å²) >= 11 is 0. The first kappa shape index (κ1) is 15.8. The Morgan fingerprint density at radius 3 is 2.30 bits per heavy atom. The second-order valence-corrected chi connectivity index (χ2v) is 5.32. The van der Waals surface area contributed by atoms with Crippen LogP contribution in [0.4, 0.5) is 5.69 Å². The molecule has 20 heavy (non-hydrogen) atoms. The van der Waals surface area contributed by atoms with Gasteiger partial charge in [0.2, 0.25) is 0 Å². The molecular formula is C14H20N2O4. The van der Waals surface area contributed by atoms with Gasteiger partial charge in [0.15, 0.2) is 13.2 Å². The van der Waals surface area contributed by atoms with Gasteiger partial charge >= 0.3 is 5.97 Å². The molecule has 0 aliphatic carbocycles. The summed E-state index contributed by atoms with van der Waals surface area (Å²) in [6.45, 7) is 4.96. The van der Waals surface area contributed by atoms with Crippen molar-refractivity contribution in [3.63, 3.8) is 0 Å². The van der Waals surface area contributed by atoms with Crippen LogP contribution in [0, 0.1) is 0 Å². The maximum absolute atomic E-state index is 11.4. The number of nitrogens with two attached hydrogens (primary N) is 1. The number of ether oxygens (including phenoxy) is 2. The van der Waals surface area contributed by atoms with Crippen LogP contribution in [0.25, 0.3) is 0 Å². The Hall–Kier alpha value is -2.24. The summed E-state index contributed by atoms with van der Waals surface area (Å²) in [6, 6.07) is 6.62. The van der Waals surface area contributed by atoms with Gasteiger partial charge in [0, 0.05) is 11.2 Å². The summed E-state index contributed by atoms with van der Waals surface area (Å²) in [5.74, 6) is -0.445. The highest BCUT2D eigenvalue weighted by Gasteiger charge is 2.15. The van der Waals surface area contributed by atoms with Crippen LogP contribution < -0.4 is 15.8 Å². The summed E-state index contributed by atoms with van der Waals surface area (Å²) < 4.78 is 9.99. The van der Waals surface area contributed by atoms with Crippen molar-refractivity contribution in [1.29, 1.82) is 0 Å². The molecule has 0 aliphatic rings. The van der Waals surface area contributed by atoms with E-state index in [9.17, 15) is 9.59 Å².